The summed E-state index contributed by atoms with van der Waals surface area (Å²) in [5.41, 5.74) is 0.966. The first-order valence-corrected chi connectivity index (χ1v) is 8.65. The molecule has 26 heavy (non-hydrogen) atoms. The van der Waals surface area contributed by atoms with Gasteiger partial charge in [0.15, 0.2) is 11.1 Å². The van der Waals surface area contributed by atoms with Gasteiger partial charge in [0.05, 0.1) is 24.6 Å². The molecular weight excluding hydrogens is 371 g/mol. The lowest BCUT2D eigenvalue weighted by Gasteiger charge is -2.13. The lowest BCUT2D eigenvalue weighted by atomic mass is 9.98. The van der Waals surface area contributed by atoms with E-state index in [9.17, 15) is 17.4 Å². The summed E-state index contributed by atoms with van der Waals surface area (Å²) in [7, 11) is 1.32. The molecule has 2 aromatic heterocycles. The molecule has 6 nitrogen and oxygen atoms in total. The van der Waals surface area contributed by atoms with Crippen LogP contribution in [-0.4, -0.2) is 31.1 Å². The van der Waals surface area contributed by atoms with E-state index >= 15 is 0 Å². The summed E-state index contributed by atoms with van der Waals surface area (Å²) in [5, 5.41) is 5.58. The minimum absolute atomic E-state index is 0.0299. The molecule has 0 saturated carbocycles. The van der Waals surface area contributed by atoms with Crippen LogP contribution in [0.5, 0.6) is 5.88 Å². The number of methoxy groups -OCH3 is 1. The highest BCUT2D eigenvalue weighted by Crippen LogP contribution is 2.42. The molecule has 138 valence electrons. The number of nitrogens with one attached hydrogen (secondary N) is 1. The Morgan fingerprint density at radius 2 is 2.08 bits per heavy atom. The second-order valence-electron chi connectivity index (χ2n) is 5.61. The molecule has 0 amide bonds. The third kappa shape index (κ3) is 3.29. The smallest absolute Gasteiger partial charge is 0.433 e. The number of nitrogens with zero attached hydrogens (tertiary/aromatic N) is 2. The van der Waals surface area contributed by atoms with Crippen molar-refractivity contribution >= 4 is 22.0 Å². The lowest BCUT2D eigenvalue weighted by molar-refractivity contribution is -0.139. The molecule has 1 atom stereocenters. The molecule has 0 fully saturated rings. The van der Waals surface area contributed by atoms with Crippen LogP contribution in [0.3, 0.4) is 0 Å². The largest absolute Gasteiger partial charge is 0.481 e. The SMILES string of the molecule is COc1ncc2n[nH]c(C(F)(F)F)c2c1-c1ccc(CS(=O)O)c(C)c1. The van der Waals surface area contributed by atoms with Gasteiger partial charge in [0.2, 0.25) is 5.88 Å². The van der Waals surface area contributed by atoms with Crippen molar-refractivity contribution in [3.8, 4) is 17.0 Å². The van der Waals surface area contributed by atoms with Gasteiger partial charge in [-0.3, -0.25) is 5.10 Å². The number of alkyl halides is 3. The lowest BCUT2D eigenvalue weighted by Crippen LogP contribution is -2.07. The Morgan fingerprint density at radius 3 is 2.65 bits per heavy atom. The van der Waals surface area contributed by atoms with E-state index in [2.05, 4.69) is 10.1 Å². The van der Waals surface area contributed by atoms with E-state index in [1.165, 1.54) is 13.3 Å². The zero-order valence-electron chi connectivity index (χ0n) is 13.7. The van der Waals surface area contributed by atoms with Crippen molar-refractivity contribution in [2.24, 2.45) is 0 Å². The number of rotatable bonds is 4. The number of ether oxygens (including phenoxy) is 1. The summed E-state index contributed by atoms with van der Waals surface area (Å²) in [6.07, 6.45) is -3.42. The number of aromatic amines is 1. The molecule has 3 aromatic rings. The van der Waals surface area contributed by atoms with Crippen LogP contribution in [0.4, 0.5) is 13.2 Å². The number of hydrogen-bond donors (Lipinski definition) is 2. The average molecular weight is 385 g/mol. The highest BCUT2D eigenvalue weighted by atomic mass is 32.2. The van der Waals surface area contributed by atoms with Crippen molar-refractivity contribution < 1.29 is 26.7 Å². The minimum Gasteiger partial charge on any atom is -0.481 e. The third-order valence-corrected chi connectivity index (χ3v) is 4.51. The Labute approximate surface area is 148 Å². The molecule has 0 aliphatic carbocycles. The summed E-state index contributed by atoms with van der Waals surface area (Å²) < 4.78 is 65.4. The van der Waals surface area contributed by atoms with Crippen molar-refractivity contribution in [2.75, 3.05) is 7.11 Å². The maximum Gasteiger partial charge on any atom is 0.433 e. The number of H-pyrrole nitrogens is 1. The van der Waals surface area contributed by atoms with Gasteiger partial charge in [-0.15, -0.1) is 0 Å². The zero-order valence-corrected chi connectivity index (χ0v) is 14.5. The van der Waals surface area contributed by atoms with Crippen LogP contribution >= 0.6 is 0 Å². The first-order valence-electron chi connectivity index (χ1n) is 7.38. The van der Waals surface area contributed by atoms with Crippen LogP contribution in [0, 0.1) is 6.92 Å². The molecule has 0 radical (unpaired) electrons. The van der Waals surface area contributed by atoms with Crippen molar-refractivity contribution in [3.63, 3.8) is 0 Å². The van der Waals surface area contributed by atoms with Gasteiger partial charge in [-0.05, 0) is 23.6 Å². The van der Waals surface area contributed by atoms with Gasteiger partial charge in [-0.1, -0.05) is 18.2 Å². The molecule has 0 aliphatic heterocycles. The molecule has 1 unspecified atom stereocenters. The molecule has 1 aromatic carbocycles. The van der Waals surface area contributed by atoms with Crippen molar-refractivity contribution in [1.82, 2.24) is 15.2 Å². The summed E-state index contributed by atoms with van der Waals surface area (Å²) in [5.74, 6) is -0.0344. The second kappa shape index (κ2) is 6.69. The van der Waals surface area contributed by atoms with Crippen molar-refractivity contribution in [1.29, 1.82) is 0 Å². The van der Waals surface area contributed by atoms with E-state index < -0.39 is 23.0 Å². The van der Waals surface area contributed by atoms with Crippen LogP contribution in [0.25, 0.3) is 22.0 Å². The van der Waals surface area contributed by atoms with Gasteiger partial charge in [0.25, 0.3) is 0 Å². The van der Waals surface area contributed by atoms with Crippen LogP contribution in [0.1, 0.15) is 16.8 Å². The Hall–Kier alpha value is -2.46. The van der Waals surface area contributed by atoms with E-state index in [4.69, 9.17) is 9.29 Å². The second-order valence-corrected chi connectivity index (χ2v) is 6.54. The van der Waals surface area contributed by atoms with E-state index in [0.717, 1.165) is 0 Å². The molecule has 0 aliphatic rings. The van der Waals surface area contributed by atoms with E-state index in [0.29, 0.717) is 16.7 Å². The Kier molecular flexibility index (Phi) is 4.72. The normalized spacial score (nSPS) is 13.2. The molecule has 0 spiro atoms. The van der Waals surface area contributed by atoms with Crippen molar-refractivity contribution in [3.05, 3.63) is 41.2 Å². The first-order chi connectivity index (χ1) is 12.2. The summed E-state index contributed by atoms with van der Waals surface area (Å²) in [6, 6.07) is 4.81. The average Bonchev–Trinajstić information content (AvgIpc) is 2.99. The van der Waals surface area contributed by atoms with Crippen LogP contribution < -0.4 is 4.74 Å². The Bertz CT molecular complexity index is 1000. The highest BCUT2D eigenvalue weighted by Gasteiger charge is 2.37. The quantitative estimate of drug-likeness (QED) is 0.669. The molecule has 0 saturated heterocycles. The Morgan fingerprint density at radius 1 is 1.35 bits per heavy atom. The standard InChI is InChI=1S/C16H14F3N3O3S/c1-8-5-9(3-4-10(8)7-26(23)24)12-13-11(6-20-15(12)25-2)21-22-14(13)16(17,18)19/h3-6H,7H2,1-2H3,(H,21,22)(H,23,24). The van der Waals surface area contributed by atoms with Gasteiger partial charge < -0.3 is 9.29 Å². The summed E-state index contributed by atoms with van der Waals surface area (Å²) >= 11 is -2.02. The highest BCUT2D eigenvalue weighted by molar-refractivity contribution is 7.78. The van der Waals surface area contributed by atoms with E-state index in [1.807, 2.05) is 5.10 Å². The van der Waals surface area contributed by atoms with E-state index in [-0.39, 0.29) is 28.1 Å². The fraction of sp³-hybridized carbons (Fsp3) is 0.250. The third-order valence-electron chi connectivity index (χ3n) is 3.95. The van der Waals surface area contributed by atoms with Gasteiger partial charge in [0, 0.05) is 5.39 Å². The monoisotopic (exact) mass is 385 g/mol. The van der Waals surface area contributed by atoms with Gasteiger partial charge in [-0.2, -0.15) is 18.3 Å². The van der Waals surface area contributed by atoms with Crippen LogP contribution in [0.15, 0.2) is 24.4 Å². The van der Waals surface area contributed by atoms with E-state index in [1.54, 1.807) is 25.1 Å². The molecular formula is C16H14F3N3O3S. The molecule has 3 rings (SSSR count). The van der Waals surface area contributed by atoms with Gasteiger partial charge in [0.1, 0.15) is 11.2 Å². The molecule has 10 heteroatoms. The first kappa shape index (κ1) is 18.3. The molecule has 2 N–H and O–H groups in total. The number of fused-ring (bicyclic) bond motifs is 1. The van der Waals surface area contributed by atoms with Crippen molar-refractivity contribution in [2.45, 2.75) is 18.9 Å². The summed E-state index contributed by atoms with van der Waals surface area (Å²) in [4.78, 5) is 4.04. The zero-order chi connectivity index (χ0) is 19.1. The van der Waals surface area contributed by atoms with Crippen LogP contribution in [-0.2, 0) is 23.0 Å². The number of halogens is 3. The molecule has 2 heterocycles. The van der Waals surface area contributed by atoms with Gasteiger partial charge in [-0.25, -0.2) is 9.19 Å². The number of aromatic nitrogens is 3. The predicted molar refractivity (Wildman–Crippen MR) is 90.1 cm³/mol. The minimum atomic E-state index is -4.63. The molecule has 0 bridgehead atoms. The number of hydrogen-bond acceptors (Lipinski definition) is 4. The number of pyridine rings is 1. The predicted octanol–water partition coefficient (Wildman–Crippen LogP) is 3.68. The number of benzene rings is 1. The fourth-order valence-corrected chi connectivity index (χ4v) is 3.36. The summed E-state index contributed by atoms with van der Waals surface area (Å²) in [6.45, 7) is 1.71. The number of aryl methyl sites for hydroxylation is 1. The Balaban J connectivity index is 2.28. The van der Waals surface area contributed by atoms with Gasteiger partial charge >= 0.3 is 6.18 Å². The maximum absolute atomic E-state index is 13.4. The fourth-order valence-electron chi connectivity index (χ4n) is 2.77. The maximum atomic E-state index is 13.4. The topological polar surface area (TPSA) is 88.1 Å². The van der Waals surface area contributed by atoms with Crippen LogP contribution in [0.2, 0.25) is 0 Å².